The lowest BCUT2D eigenvalue weighted by Gasteiger charge is -2.29. The maximum atomic E-state index is 12.5. The molecule has 4 nitrogen and oxygen atoms in total. The van der Waals surface area contributed by atoms with Crippen LogP contribution in [0.3, 0.4) is 0 Å². The zero-order chi connectivity index (χ0) is 14.8. The topological polar surface area (TPSA) is 52.6 Å². The van der Waals surface area contributed by atoms with E-state index in [1.165, 1.54) is 0 Å². The van der Waals surface area contributed by atoms with Gasteiger partial charge >= 0.3 is 18.1 Å². The Kier molecular flexibility index (Phi) is 2.82. The Labute approximate surface area is 113 Å². The average molecular weight is 292 g/mol. The van der Waals surface area contributed by atoms with Gasteiger partial charge in [-0.1, -0.05) is 6.92 Å². The molecule has 7 heteroatoms. The maximum absolute atomic E-state index is 12.5. The van der Waals surface area contributed by atoms with Crippen molar-refractivity contribution in [3.8, 4) is 0 Å². The van der Waals surface area contributed by atoms with E-state index in [1.807, 2.05) is 6.92 Å². The van der Waals surface area contributed by atoms with Crippen LogP contribution in [0.1, 0.15) is 20.3 Å². The summed E-state index contributed by atoms with van der Waals surface area (Å²) in [5.41, 5.74) is 0. The first-order valence-electron chi connectivity index (χ1n) is 6.69. The molecule has 3 rings (SSSR count). The van der Waals surface area contributed by atoms with E-state index in [0.717, 1.165) is 6.92 Å². The molecule has 2 saturated carbocycles. The molecule has 2 bridgehead atoms. The molecule has 0 aromatic carbocycles. The molecule has 1 aliphatic heterocycles. The van der Waals surface area contributed by atoms with Crippen molar-refractivity contribution in [1.82, 2.24) is 0 Å². The number of hydrogen-bond acceptors (Lipinski definition) is 4. The van der Waals surface area contributed by atoms with Crippen LogP contribution in [0.4, 0.5) is 13.2 Å². The molecule has 3 fully saturated rings. The van der Waals surface area contributed by atoms with Gasteiger partial charge in [0.2, 0.25) is 0 Å². The van der Waals surface area contributed by atoms with Gasteiger partial charge in [0.25, 0.3) is 0 Å². The summed E-state index contributed by atoms with van der Waals surface area (Å²) in [6.45, 7) is 2.67. The summed E-state index contributed by atoms with van der Waals surface area (Å²) < 4.78 is 47.1. The van der Waals surface area contributed by atoms with Crippen LogP contribution in [-0.4, -0.2) is 30.3 Å². The number of alkyl halides is 3. The van der Waals surface area contributed by atoms with E-state index < -0.39 is 36.1 Å². The van der Waals surface area contributed by atoms with Crippen molar-refractivity contribution in [2.24, 2.45) is 29.6 Å². The van der Waals surface area contributed by atoms with Gasteiger partial charge in [-0.2, -0.15) is 13.2 Å². The van der Waals surface area contributed by atoms with Crippen LogP contribution < -0.4 is 0 Å². The predicted molar refractivity (Wildman–Crippen MR) is 59.2 cm³/mol. The van der Waals surface area contributed by atoms with E-state index in [9.17, 15) is 22.8 Å². The second kappa shape index (κ2) is 4.11. The fourth-order valence-corrected chi connectivity index (χ4v) is 4.02. The summed E-state index contributed by atoms with van der Waals surface area (Å²) in [5.74, 6) is -2.94. The largest absolute Gasteiger partial charge is 0.462 e. The monoisotopic (exact) mass is 292 g/mol. The average Bonchev–Trinajstić information content (AvgIpc) is 2.91. The number of halogens is 3. The highest BCUT2D eigenvalue weighted by molar-refractivity contribution is 5.86. The number of fused-ring (bicyclic) bond motifs is 1. The van der Waals surface area contributed by atoms with Crippen molar-refractivity contribution in [3.63, 3.8) is 0 Å². The first-order chi connectivity index (χ1) is 9.21. The quantitative estimate of drug-likeness (QED) is 0.730. The van der Waals surface area contributed by atoms with Crippen molar-refractivity contribution in [2.45, 2.75) is 38.7 Å². The number of carbonyl (C=O) groups excluding carboxylic acids is 2. The van der Waals surface area contributed by atoms with Crippen LogP contribution in [0.15, 0.2) is 0 Å². The second-order valence-corrected chi connectivity index (χ2v) is 6.00. The smallest absolute Gasteiger partial charge is 0.425 e. The van der Waals surface area contributed by atoms with E-state index in [-0.39, 0.29) is 23.9 Å². The summed E-state index contributed by atoms with van der Waals surface area (Å²) in [5, 5.41) is 0. The Morgan fingerprint density at radius 3 is 2.65 bits per heavy atom. The summed E-state index contributed by atoms with van der Waals surface area (Å²) in [6.07, 6.45) is -6.26. The molecule has 2 aliphatic carbocycles. The van der Waals surface area contributed by atoms with Crippen LogP contribution in [-0.2, 0) is 19.1 Å². The zero-order valence-electron chi connectivity index (χ0n) is 11.0. The van der Waals surface area contributed by atoms with E-state index in [2.05, 4.69) is 4.74 Å². The Bertz CT molecular complexity index is 461. The van der Waals surface area contributed by atoms with Crippen molar-refractivity contribution >= 4 is 11.9 Å². The van der Waals surface area contributed by atoms with Gasteiger partial charge < -0.3 is 9.47 Å². The standard InChI is InChI=1S/C13H15F3O4/c1-4-6-3-7-9(12(18)20-10(4)7)8(6)11(17)19-5(2)13(14,15)16/h4-10H,3H2,1-2H3. The molecule has 7 unspecified atom stereocenters. The fraction of sp³-hybridized carbons (Fsp3) is 0.846. The number of hydrogen-bond donors (Lipinski definition) is 0. The highest BCUT2D eigenvalue weighted by Gasteiger charge is 2.67. The van der Waals surface area contributed by atoms with Crippen molar-refractivity contribution in [3.05, 3.63) is 0 Å². The molecule has 1 heterocycles. The lowest BCUT2D eigenvalue weighted by Crippen LogP contribution is -2.40. The van der Waals surface area contributed by atoms with Crippen LogP contribution >= 0.6 is 0 Å². The fourth-order valence-electron chi connectivity index (χ4n) is 4.02. The lowest BCUT2D eigenvalue weighted by atomic mass is 9.75. The second-order valence-electron chi connectivity index (χ2n) is 6.00. The first-order valence-corrected chi connectivity index (χ1v) is 6.69. The number of carbonyl (C=O) groups is 2. The molecule has 0 spiro atoms. The number of esters is 2. The van der Waals surface area contributed by atoms with Crippen LogP contribution in [0, 0.1) is 29.6 Å². The molecule has 7 atom stereocenters. The van der Waals surface area contributed by atoms with Gasteiger partial charge in [0.15, 0.2) is 6.10 Å². The highest BCUT2D eigenvalue weighted by atomic mass is 19.4. The Balaban J connectivity index is 1.78. The third-order valence-corrected chi connectivity index (χ3v) is 5.02. The normalized spacial score (nSPS) is 43.5. The molecule has 1 saturated heterocycles. The minimum atomic E-state index is -4.59. The van der Waals surface area contributed by atoms with Gasteiger partial charge in [-0.15, -0.1) is 0 Å². The van der Waals surface area contributed by atoms with E-state index >= 15 is 0 Å². The van der Waals surface area contributed by atoms with E-state index in [1.54, 1.807) is 0 Å². The molecule has 0 aromatic heterocycles. The maximum Gasteiger partial charge on any atom is 0.425 e. The Morgan fingerprint density at radius 2 is 2.05 bits per heavy atom. The SMILES string of the molecule is CC1C2CC3C1OC(=O)C3C2C(=O)OC(C)C(F)(F)F. The summed E-state index contributed by atoms with van der Waals surface area (Å²) >= 11 is 0. The molecule has 20 heavy (non-hydrogen) atoms. The minimum Gasteiger partial charge on any atom is -0.462 e. The van der Waals surface area contributed by atoms with Crippen molar-refractivity contribution < 1.29 is 32.2 Å². The highest BCUT2D eigenvalue weighted by Crippen LogP contribution is 2.60. The Morgan fingerprint density at radius 1 is 1.40 bits per heavy atom. The molecule has 0 aromatic rings. The van der Waals surface area contributed by atoms with E-state index in [4.69, 9.17) is 4.74 Å². The van der Waals surface area contributed by atoms with Crippen molar-refractivity contribution in [1.29, 1.82) is 0 Å². The molecule has 0 radical (unpaired) electrons. The minimum absolute atomic E-state index is 0.00134. The Hall–Kier alpha value is -1.27. The predicted octanol–water partition coefficient (Wildman–Crippen LogP) is 1.92. The zero-order valence-corrected chi connectivity index (χ0v) is 11.0. The molecular weight excluding hydrogens is 277 g/mol. The van der Waals surface area contributed by atoms with Gasteiger partial charge in [0.05, 0.1) is 11.8 Å². The summed E-state index contributed by atoms with van der Waals surface area (Å²) in [6, 6.07) is 0. The van der Waals surface area contributed by atoms with Gasteiger partial charge in [0, 0.05) is 5.92 Å². The van der Waals surface area contributed by atoms with Gasteiger partial charge in [0.1, 0.15) is 6.10 Å². The van der Waals surface area contributed by atoms with Crippen LogP contribution in [0.25, 0.3) is 0 Å². The van der Waals surface area contributed by atoms with Crippen LogP contribution in [0.5, 0.6) is 0 Å². The molecule has 0 N–H and O–H groups in total. The molecule has 3 aliphatic rings. The number of ether oxygens (including phenoxy) is 2. The third-order valence-electron chi connectivity index (χ3n) is 5.02. The number of rotatable bonds is 2. The van der Waals surface area contributed by atoms with Gasteiger partial charge in [-0.25, -0.2) is 0 Å². The van der Waals surface area contributed by atoms with Gasteiger partial charge in [-0.05, 0) is 25.2 Å². The lowest BCUT2D eigenvalue weighted by molar-refractivity contribution is -0.220. The molecule has 112 valence electrons. The summed E-state index contributed by atoms with van der Waals surface area (Å²) in [4.78, 5) is 23.8. The summed E-state index contributed by atoms with van der Waals surface area (Å²) in [7, 11) is 0. The molecule has 0 amide bonds. The van der Waals surface area contributed by atoms with Crippen LogP contribution in [0.2, 0.25) is 0 Å². The molecular formula is C13H15F3O4. The first kappa shape index (κ1) is 13.7. The third kappa shape index (κ3) is 1.74. The van der Waals surface area contributed by atoms with Gasteiger partial charge in [-0.3, -0.25) is 9.59 Å². The van der Waals surface area contributed by atoms with E-state index in [0.29, 0.717) is 6.42 Å². The van der Waals surface area contributed by atoms with Crippen molar-refractivity contribution in [2.75, 3.05) is 0 Å².